The first kappa shape index (κ1) is 14.2. The van der Waals surface area contributed by atoms with E-state index in [1.807, 2.05) is 6.92 Å². The van der Waals surface area contributed by atoms with Crippen LogP contribution in [0.25, 0.3) is 11.0 Å². The van der Waals surface area contributed by atoms with Gasteiger partial charge in [0.2, 0.25) is 0 Å². The van der Waals surface area contributed by atoms with E-state index in [-0.39, 0.29) is 17.0 Å². The summed E-state index contributed by atoms with van der Waals surface area (Å²) in [5, 5.41) is 8.96. The van der Waals surface area contributed by atoms with E-state index in [1.165, 1.54) is 12.4 Å². The number of benzene rings is 1. The zero-order chi connectivity index (χ0) is 14.7. The van der Waals surface area contributed by atoms with Crippen LogP contribution in [0.4, 0.5) is 4.39 Å². The summed E-state index contributed by atoms with van der Waals surface area (Å²) < 4.78 is 15.4. The molecule has 0 saturated carbocycles. The van der Waals surface area contributed by atoms with Crippen molar-refractivity contribution in [3.63, 3.8) is 0 Å². The molecular formula is C14H15FN2O3. The molecule has 0 spiro atoms. The average molecular weight is 278 g/mol. The van der Waals surface area contributed by atoms with Crippen LogP contribution >= 0.6 is 0 Å². The van der Waals surface area contributed by atoms with Crippen molar-refractivity contribution in [1.29, 1.82) is 0 Å². The van der Waals surface area contributed by atoms with Crippen molar-refractivity contribution in [2.45, 2.75) is 26.3 Å². The summed E-state index contributed by atoms with van der Waals surface area (Å²) in [4.78, 5) is 25.9. The monoisotopic (exact) mass is 278 g/mol. The van der Waals surface area contributed by atoms with Gasteiger partial charge in [-0.1, -0.05) is 13.3 Å². The molecule has 2 rings (SSSR count). The minimum atomic E-state index is -1.20. The summed E-state index contributed by atoms with van der Waals surface area (Å²) in [6, 6.07) is 2.33. The van der Waals surface area contributed by atoms with Gasteiger partial charge in [-0.05, 0) is 18.6 Å². The quantitative estimate of drug-likeness (QED) is 0.824. The number of aldehydes is 1. The molecule has 0 fully saturated rings. The molecule has 106 valence electrons. The summed E-state index contributed by atoms with van der Waals surface area (Å²) >= 11 is 0. The highest BCUT2D eigenvalue weighted by atomic mass is 19.1. The van der Waals surface area contributed by atoms with E-state index in [0.29, 0.717) is 12.1 Å². The Balaban J connectivity index is 2.44. The van der Waals surface area contributed by atoms with Crippen molar-refractivity contribution in [2.75, 3.05) is 0 Å². The number of carbonyl (C=O) groups is 2. The van der Waals surface area contributed by atoms with E-state index < -0.39 is 11.8 Å². The van der Waals surface area contributed by atoms with Gasteiger partial charge in [0.25, 0.3) is 0 Å². The standard InChI is InChI=1S/C14H15FN2O3/c1-2-3-9(7-18)6-17-8-16-13-11(15)4-10(14(19)20)5-12(13)17/h4-5,7-9H,2-3,6H2,1H3,(H,19,20). The van der Waals surface area contributed by atoms with Crippen molar-refractivity contribution in [2.24, 2.45) is 5.92 Å². The topological polar surface area (TPSA) is 72.2 Å². The Bertz CT molecular complexity index is 651. The number of hydrogen-bond donors (Lipinski definition) is 1. The zero-order valence-corrected chi connectivity index (χ0v) is 11.0. The summed E-state index contributed by atoms with van der Waals surface area (Å²) in [7, 11) is 0. The van der Waals surface area contributed by atoms with Gasteiger partial charge in [-0.2, -0.15) is 0 Å². The van der Waals surface area contributed by atoms with Gasteiger partial charge in [-0.3, -0.25) is 0 Å². The molecule has 0 aliphatic carbocycles. The van der Waals surface area contributed by atoms with Crippen LogP contribution in [0.5, 0.6) is 0 Å². The van der Waals surface area contributed by atoms with Gasteiger partial charge < -0.3 is 14.5 Å². The van der Waals surface area contributed by atoms with Crippen LogP contribution in [0.3, 0.4) is 0 Å². The summed E-state index contributed by atoms with van der Waals surface area (Å²) in [5.74, 6) is -2.05. The Morgan fingerprint density at radius 2 is 2.30 bits per heavy atom. The lowest BCUT2D eigenvalue weighted by Crippen LogP contribution is -2.11. The van der Waals surface area contributed by atoms with Crippen LogP contribution < -0.4 is 0 Å². The van der Waals surface area contributed by atoms with E-state index in [9.17, 15) is 14.0 Å². The molecule has 1 aromatic heterocycles. The molecule has 0 amide bonds. The van der Waals surface area contributed by atoms with Gasteiger partial charge in [-0.15, -0.1) is 0 Å². The van der Waals surface area contributed by atoms with Crippen LogP contribution in [-0.4, -0.2) is 26.9 Å². The van der Waals surface area contributed by atoms with Crippen molar-refractivity contribution >= 4 is 23.3 Å². The minimum absolute atomic E-state index is 0.121. The fourth-order valence-corrected chi connectivity index (χ4v) is 2.22. The number of carboxylic acid groups (broad SMARTS) is 1. The average Bonchev–Trinajstić information content (AvgIpc) is 2.82. The SMILES string of the molecule is CCCC(C=O)Cn1cnc2c(F)cc(C(=O)O)cc21. The molecular weight excluding hydrogens is 263 g/mol. The van der Waals surface area contributed by atoms with E-state index in [4.69, 9.17) is 5.11 Å². The molecule has 0 aliphatic heterocycles. The third-order valence-corrected chi connectivity index (χ3v) is 3.21. The highest BCUT2D eigenvalue weighted by Gasteiger charge is 2.15. The van der Waals surface area contributed by atoms with Crippen LogP contribution in [-0.2, 0) is 11.3 Å². The third kappa shape index (κ3) is 2.68. The number of carboxylic acids is 1. The molecule has 0 saturated heterocycles. The predicted molar refractivity (Wildman–Crippen MR) is 71.1 cm³/mol. The maximum absolute atomic E-state index is 13.8. The zero-order valence-electron chi connectivity index (χ0n) is 11.0. The number of nitrogens with zero attached hydrogens (tertiary/aromatic N) is 2. The largest absolute Gasteiger partial charge is 0.478 e. The smallest absolute Gasteiger partial charge is 0.335 e. The van der Waals surface area contributed by atoms with E-state index in [2.05, 4.69) is 4.98 Å². The minimum Gasteiger partial charge on any atom is -0.478 e. The van der Waals surface area contributed by atoms with E-state index in [1.54, 1.807) is 4.57 Å². The van der Waals surface area contributed by atoms with Crippen LogP contribution in [0.1, 0.15) is 30.1 Å². The van der Waals surface area contributed by atoms with E-state index >= 15 is 0 Å². The van der Waals surface area contributed by atoms with Crippen molar-refractivity contribution in [3.05, 3.63) is 29.8 Å². The number of carbonyl (C=O) groups excluding carboxylic acids is 1. The van der Waals surface area contributed by atoms with Gasteiger partial charge in [0.1, 0.15) is 11.8 Å². The molecule has 1 aromatic carbocycles. The number of rotatable bonds is 6. The summed E-state index contributed by atoms with van der Waals surface area (Å²) in [6.07, 6.45) is 3.90. The lowest BCUT2D eigenvalue weighted by molar-refractivity contribution is -0.111. The molecule has 0 radical (unpaired) electrons. The number of aromatic nitrogens is 2. The molecule has 6 heteroatoms. The molecule has 2 aromatic rings. The Morgan fingerprint density at radius 1 is 1.55 bits per heavy atom. The van der Waals surface area contributed by atoms with Gasteiger partial charge in [0, 0.05) is 12.5 Å². The molecule has 1 atom stereocenters. The normalized spacial score (nSPS) is 12.5. The van der Waals surface area contributed by atoms with Gasteiger partial charge >= 0.3 is 5.97 Å². The predicted octanol–water partition coefficient (Wildman–Crippen LogP) is 2.49. The number of hydrogen-bond acceptors (Lipinski definition) is 3. The van der Waals surface area contributed by atoms with Gasteiger partial charge in [0.15, 0.2) is 5.82 Å². The maximum atomic E-state index is 13.8. The number of fused-ring (bicyclic) bond motifs is 1. The first-order chi connectivity index (χ1) is 9.56. The second-order valence-corrected chi connectivity index (χ2v) is 4.71. The third-order valence-electron chi connectivity index (χ3n) is 3.21. The number of halogens is 1. The lowest BCUT2D eigenvalue weighted by atomic mass is 10.1. The van der Waals surface area contributed by atoms with Crippen LogP contribution in [0.2, 0.25) is 0 Å². The lowest BCUT2D eigenvalue weighted by Gasteiger charge is -2.10. The second kappa shape index (κ2) is 5.81. The molecule has 5 nitrogen and oxygen atoms in total. The highest BCUT2D eigenvalue weighted by molar-refractivity contribution is 5.92. The molecule has 1 heterocycles. The van der Waals surface area contributed by atoms with Crippen LogP contribution in [0, 0.1) is 11.7 Å². The molecule has 20 heavy (non-hydrogen) atoms. The van der Waals surface area contributed by atoms with Crippen molar-refractivity contribution in [3.8, 4) is 0 Å². The molecule has 0 aliphatic rings. The Morgan fingerprint density at radius 3 is 2.90 bits per heavy atom. The first-order valence-corrected chi connectivity index (χ1v) is 6.39. The fourth-order valence-electron chi connectivity index (χ4n) is 2.22. The maximum Gasteiger partial charge on any atom is 0.335 e. The van der Waals surface area contributed by atoms with Gasteiger partial charge in [0.05, 0.1) is 17.4 Å². The van der Waals surface area contributed by atoms with Crippen molar-refractivity contribution < 1.29 is 19.1 Å². The number of aromatic carboxylic acids is 1. The molecule has 1 unspecified atom stereocenters. The second-order valence-electron chi connectivity index (χ2n) is 4.71. The summed E-state index contributed by atoms with van der Waals surface area (Å²) in [6.45, 7) is 2.35. The Kier molecular flexibility index (Phi) is 4.12. The van der Waals surface area contributed by atoms with Crippen LogP contribution in [0.15, 0.2) is 18.5 Å². The summed E-state index contributed by atoms with van der Waals surface area (Å²) in [5.41, 5.74) is 0.386. The number of imidazole rings is 1. The Hall–Kier alpha value is -2.24. The Labute approximate surface area is 115 Å². The molecule has 0 bridgehead atoms. The van der Waals surface area contributed by atoms with Crippen molar-refractivity contribution in [1.82, 2.24) is 9.55 Å². The highest BCUT2D eigenvalue weighted by Crippen LogP contribution is 2.20. The molecule has 1 N–H and O–H groups in total. The van der Waals surface area contributed by atoms with Gasteiger partial charge in [-0.25, -0.2) is 14.2 Å². The fraction of sp³-hybridized carbons (Fsp3) is 0.357. The van der Waals surface area contributed by atoms with E-state index in [0.717, 1.165) is 25.2 Å². The first-order valence-electron chi connectivity index (χ1n) is 6.39.